The summed E-state index contributed by atoms with van der Waals surface area (Å²) in [7, 11) is 0. The van der Waals surface area contributed by atoms with Gasteiger partial charge in [0.05, 0.1) is 14.6 Å². The summed E-state index contributed by atoms with van der Waals surface area (Å²) in [4.78, 5) is 27.0. The maximum absolute atomic E-state index is 13.2. The summed E-state index contributed by atoms with van der Waals surface area (Å²) in [6, 6.07) is 20.0. The second-order valence-corrected chi connectivity index (χ2v) is 9.55. The van der Waals surface area contributed by atoms with Crippen LogP contribution in [0.4, 0.5) is 5.69 Å². The van der Waals surface area contributed by atoms with E-state index in [0.29, 0.717) is 37.6 Å². The maximum Gasteiger partial charge on any atom is 0.270 e. The highest BCUT2D eigenvalue weighted by Crippen LogP contribution is 2.36. The number of carbonyl (C=O) groups is 2. The lowest BCUT2D eigenvalue weighted by Gasteiger charge is -2.29. The summed E-state index contributed by atoms with van der Waals surface area (Å²) in [5, 5.41) is 3.11. The van der Waals surface area contributed by atoms with Crippen LogP contribution in [0, 0.1) is 0 Å². The minimum absolute atomic E-state index is 0.0106. The molecule has 1 saturated heterocycles. The van der Waals surface area contributed by atoms with Crippen LogP contribution in [-0.2, 0) is 16.2 Å². The zero-order chi connectivity index (χ0) is 23.5. The van der Waals surface area contributed by atoms with Gasteiger partial charge >= 0.3 is 0 Å². The van der Waals surface area contributed by atoms with Crippen LogP contribution < -0.4 is 15.0 Å². The van der Waals surface area contributed by atoms with Crippen LogP contribution in [0.25, 0.3) is 6.08 Å². The first kappa shape index (κ1) is 23.6. The minimum Gasteiger partial charge on any atom is -0.487 e. The highest BCUT2D eigenvalue weighted by Gasteiger charge is 2.34. The Labute approximate surface area is 217 Å². The summed E-state index contributed by atoms with van der Waals surface area (Å²) < 4.78 is 7.29. The van der Waals surface area contributed by atoms with Gasteiger partial charge < -0.3 is 4.74 Å². The lowest BCUT2D eigenvalue weighted by atomic mass is 10.1. The van der Waals surface area contributed by atoms with Crippen molar-refractivity contribution in [1.82, 2.24) is 5.32 Å². The van der Waals surface area contributed by atoms with Crippen molar-refractivity contribution < 1.29 is 14.3 Å². The number of rotatable bonds is 5. The van der Waals surface area contributed by atoms with Crippen LogP contribution in [-0.4, -0.2) is 16.9 Å². The monoisotopic (exact) mass is 604 g/mol. The molecular weight excluding hydrogens is 592 g/mol. The highest BCUT2D eigenvalue weighted by molar-refractivity contribution is 9.11. The van der Waals surface area contributed by atoms with Gasteiger partial charge in [0, 0.05) is 5.02 Å². The SMILES string of the molecule is O=C1NC(=S)N(c2ccc(Cl)cc2)C(=O)/C1=C/c1cc(Br)c(OCc2ccccc2)c(Br)c1. The van der Waals surface area contributed by atoms with Crippen LogP contribution in [0.1, 0.15) is 11.1 Å². The van der Waals surface area contributed by atoms with Crippen molar-refractivity contribution in [1.29, 1.82) is 0 Å². The maximum atomic E-state index is 13.2. The zero-order valence-corrected chi connectivity index (χ0v) is 21.6. The smallest absolute Gasteiger partial charge is 0.270 e. The molecule has 0 atom stereocenters. The van der Waals surface area contributed by atoms with Gasteiger partial charge in [0.2, 0.25) is 0 Å². The molecule has 2 amide bonds. The van der Waals surface area contributed by atoms with Gasteiger partial charge in [-0.05, 0) is 97.7 Å². The molecule has 4 rings (SSSR count). The van der Waals surface area contributed by atoms with E-state index >= 15 is 0 Å². The van der Waals surface area contributed by atoms with Gasteiger partial charge in [-0.15, -0.1) is 0 Å². The molecular formula is C24H15Br2ClN2O3S. The molecule has 1 heterocycles. The number of nitrogens with one attached hydrogen (secondary N) is 1. The molecule has 3 aromatic carbocycles. The van der Waals surface area contributed by atoms with Gasteiger partial charge in [-0.3, -0.25) is 19.8 Å². The van der Waals surface area contributed by atoms with Gasteiger partial charge in [0.1, 0.15) is 17.9 Å². The van der Waals surface area contributed by atoms with E-state index in [1.165, 1.54) is 11.0 Å². The number of ether oxygens (including phenoxy) is 1. The molecule has 9 heteroatoms. The molecule has 0 saturated carbocycles. The van der Waals surface area contributed by atoms with Gasteiger partial charge in [0.15, 0.2) is 5.11 Å². The minimum atomic E-state index is -0.563. The second kappa shape index (κ2) is 10.2. The third-order valence-corrected chi connectivity index (χ3v) is 6.46. The molecule has 5 nitrogen and oxygen atoms in total. The number of thiocarbonyl (C=S) groups is 1. The Hall–Kier alpha value is -2.52. The van der Waals surface area contributed by atoms with Crippen molar-refractivity contribution in [3.05, 3.63) is 97.4 Å². The fourth-order valence-corrected chi connectivity index (χ4v) is 5.04. The Morgan fingerprint density at radius 1 is 1.00 bits per heavy atom. The van der Waals surface area contributed by atoms with Crippen LogP contribution in [0.3, 0.4) is 0 Å². The van der Waals surface area contributed by atoms with E-state index in [2.05, 4.69) is 37.2 Å². The van der Waals surface area contributed by atoms with E-state index in [1.807, 2.05) is 30.3 Å². The Bertz CT molecular complexity index is 1260. The van der Waals surface area contributed by atoms with Crippen LogP contribution in [0.15, 0.2) is 81.2 Å². The molecule has 0 unspecified atom stereocenters. The first-order chi connectivity index (χ1) is 15.8. The first-order valence-electron chi connectivity index (χ1n) is 9.66. The summed E-state index contributed by atoms with van der Waals surface area (Å²) in [6.45, 7) is 0.396. The van der Waals surface area contributed by atoms with Crippen LogP contribution in [0.2, 0.25) is 5.02 Å². The summed E-state index contributed by atoms with van der Waals surface area (Å²) >= 11 is 18.2. The van der Waals surface area contributed by atoms with Crippen molar-refractivity contribution in [3.8, 4) is 5.75 Å². The second-order valence-electron chi connectivity index (χ2n) is 7.02. The normalized spacial score (nSPS) is 15.1. The number of amides is 2. The van der Waals surface area contributed by atoms with Gasteiger partial charge in [-0.25, -0.2) is 0 Å². The number of anilines is 1. The molecule has 33 heavy (non-hydrogen) atoms. The zero-order valence-electron chi connectivity index (χ0n) is 16.8. The van der Waals surface area contributed by atoms with E-state index in [4.69, 9.17) is 28.6 Å². The quantitative estimate of drug-likeness (QED) is 0.211. The fourth-order valence-electron chi connectivity index (χ4n) is 3.18. The molecule has 3 aromatic rings. The van der Waals surface area contributed by atoms with Crippen LogP contribution in [0.5, 0.6) is 5.75 Å². The predicted octanol–water partition coefficient (Wildman–Crippen LogP) is 6.28. The predicted molar refractivity (Wildman–Crippen MR) is 140 cm³/mol. The first-order valence-corrected chi connectivity index (χ1v) is 12.0. The average molecular weight is 607 g/mol. The Morgan fingerprint density at radius 2 is 1.64 bits per heavy atom. The average Bonchev–Trinajstić information content (AvgIpc) is 2.78. The lowest BCUT2D eigenvalue weighted by Crippen LogP contribution is -2.54. The summed E-state index contributed by atoms with van der Waals surface area (Å²) in [6.07, 6.45) is 1.51. The molecule has 0 bridgehead atoms. The van der Waals surface area contributed by atoms with Crippen molar-refractivity contribution in [2.24, 2.45) is 0 Å². The number of hydrogen-bond donors (Lipinski definition) is 1. The van der Waals surface area contributed by atoms with E-state index < -0.39 is 11.8 Å². The standard InChI is InChI=1S/C24H15Br2ClN2O3S/c25-19-11-15(12-20(26)21(19)32-13-14-4-2-1-3-5-14)10-18-22(30)28-24(33)29(23(18)31)17-8-6-16(27)7-9-17/h1-12H,13H2,(H,28,30,33)/b18-10+. The third-order valence-electron chi connectivity index (χ3n) is 4.74. The Balaban J connectivity index is 1.61. The molecule has 1 aliphatic heterocycles. The molecule has 0 aromatic heterocycles. The molecule has 0 spiro atoms. The summed E-state index contributed by atoms with van der Waals surface area (Å²) in [5.74, 6) is -0.473. The van der Waals surface area contributed by atoms with Crippen molar-refractivity contribution in [2.45, 2.75) is 6.61 Å². The Kier molecular flexibility index (Phi) is 7.29. The number of carbonyl (C=O) groups excluding carboxylic acids is 2. The number of halogens is 3. The van der Waals surface area contributed by atoms with Crippen molar-refractivity contribution >= 4 is 84.4 Å². The molecule has 1 aliphatic rings. The van der Waals surface area contributed by atoms with Gasteiger partial charge in [0.25, 0.3) is 11.8 Å². The Morgan fingerprint density at radius 3 is 2.27 bits per heavy atom. The van der Waals surface area contributed by atoms with E-state index in [9.17, 15) is 9.59 Å². The lowest BCUT2D eigenvalue weighted by molar-refractivity contribution is -0.122. The fraction of sp³-hybridized carbons (Fsp3) is 0.0417. The molecule has 0 radical (unpaired) electrons. The molecule has 1 fully saturated rings. The number of hydrogen-bond acceptors (Lipinski definition) is 4. The molecule has 1 N–H and O–H groups in total. The van der Waals surface area contributed by atoms with Crippen molar-refractivity contribution in [3.63, 3.8) is 0 Å². The highest BCUT2D eigenvalue weighted by atomic mass is 79.9. The summed E-state index contributed by atoms with van der Waals surface area (Å²) in [5.41, 5.74) is 2.12. The van der Waals surface area contributed by atoms with E-state index in [0.717, 1.165) is 5.56 Å². The number of nitrogens with zero attached hydrogens (tertiary/aromatic N) is 1. The van der Waals surface area contributed by atoms with Gasteiger partial charge in [-0.2, -0.15) is 0 Å². The van der Waals surface area contributed by atoms with Gasteiger partial charge in [-0.1, -0.05) is 41.9 Å². The molecule has 0 aliphatic carbocycles. The van der Waals surface area contributed by atoms with E-state index in [1.54, 1.807) is 36.4 Å². The topological polar surface area (TPSA) is 58.6 Å². The largest absolute Gasteiger partial charge is 0.487 e. The van der Waals surface area contributed by atoms with Crippen LogP contribution >= 0.6 is 55.7 Å². The molecule has 166 valence electrons. The van der Waals surface area contributed by atoms with Crippen molar-refractivity contribution in [2.75, 3.05) is 4.90 Å². The van der Waals surface area contributed by atoms with E-state index in [-0.39, 0.29) is 10.7 Å². The third kappa shape index (κ3) is 5.35. The number of benzene rings is 3.